The molecule has 0 bridgehead atoms. The van der Waals surface area contributed by atoms with Gasteiger partial charge in [-0.15, -0.1) is 0 Å². The highest BCUT2D eigenvalue weighted by Crippen LogP contribution is 2.48. The van der Waals surface area contributed by atoms with Crippen LogP contribution in [0.5, 0.6) is 0 Å². The number of hydrogen-bond donors (Lipinski definition) is 2. The molecule has 0 spiro atoms. The van der Waals surface area contributed by atoms with Gasteiger partial charge in [0.1, 0.15) is 0 Å². The predicted octanol–water partition coefficient (Wildman–Crippen LogP) is 5.77. The molecule has 5 rings (SSSR count). The molecule has 172 valence electrons. The molecule has 5 nitrogen and oxygen atoms in total. The molecule has 0 aliphatic heterocycles. The number of hydrogen-bond acceptors (Lipinski definition) is 4. The lowest BCUT2D eigenvalue weighted by molar-refractivity contribution is -0.140. The van der Waals surface area contributed by atoms with E-state index in [4.69, 9.17) is 4.52 Å². The lowest BCUT2D eigenvalue weighted by Gasteiger charge is -2.11. The maximum absolute atomic E-state index is 11.6. The standard InChI is InChI=1S/C29H28N2O3/c1-20-26(19-30-18-15-21-5-3-2-4-6-21)27(34-31-20)24-9-7-22(8-10-24)23-11-13-25(14-12-23)29(16-17-29)28(32)33/h2-14,30H,15-19H2,1H3,(H,32,33). The van der Waals surface area contributed by atoms with Gasteiger partial charge in [-0.3, -0.25) is 4.79 Å². The Morgan fingerprint density at radius 3 is 2.18 bits per heavy atom. The van der Waals surface area contributed by atoms with Crippen LogP contribution in [0, 0.1) is 6.92 Å². The van der Waals surface area contributed by atoms with Crippen LogP contribution in [0.3, 0.4) is 0 Å². The summed E-state index contributed by atoms with van der Waals surface area (Å²) in [5.74, 6) is 0.0704. The normalized spacial score (nSPS) is 14.1. The van der Waals surface area contributed by atoms with E-state index in [2.05, 4.69) is 59.0 Å². The van der Waals surface area contributed by atoms with Crippen molar-refractivity contribution in [3.8, 4) is 22.5 Å². The first-order valence-electron chi connectivity index (χ1n) is 11.7. The number of nitrogens with one attached hydrogen (secondary N) is 1. The predicted molar refractivity (Wildman–Crippen MR) is 133 cm³/mol. The van der Waals surface area contributed by atoms with Crippen molar-refractivity contribution in [2.45, 2.75) is 38.1 Å². The maximum Gasteiger partial charge on any atom is 0.314 e. The molecule has 3 aromatic carbocycles. The van der Waals surface area contributed by atoms with Gasteiger partial charge in [-0.1, -0.05) is 84.0 Å². The zero-order valence-corrected chi connectivity index (χ0v) is 19.3. The highest BCUT2D eigenvalue weighted by molar-refractivity contribution is 5.85. The molecule has 2 N–H and O–H groups in total. The third-order valence-corrected chi connectivity index (χ3v) is 6.80. The van der Waals surface area contributed by atoms with E-state index in [-0.39, 0.29) is 0 Å². The molecule has 1 aromatic heterocycles. The Morgan fingerprint density at radius 1 is 0.941 bits per heavy atom. The second-order valence-electron chi connectivity index (χ2n) is 9.03. The lowest BCUT2D eigenvalue weighted by atomic mass is 9.93. The molecule has 5 heteroatoms. The van der Waals surface area contributed by atoms with Crippen molar-refractivity contribution in [3.05, 3.63) is 101 Å². The minimum atomic E-state index is -0.725. The SMILES string of the molecule is Cc1noc(-c2ccc(-c3ccc(C4(C(=O)O)CC4)cc3)cc2)c1CNCCc1ccccc1. The fourth-order valence-corrected chi connectivity index (χ4v) is 4.46. The Balaban J connectivity index is 1.26. The van der Waals surface area contributed by atoms with Crippen LogP contribution in [0.4, 0.5) is 0 Å². The average molecular weight is 453 g/mol. The molecule has 1 heterocycles. The van der Waals surface area contributed by atoms with Crippen molar-refractivity contribution >= 4 is 5.97 Å². The Kier molecular flexibility index (Phi) is 6.03. The zero-order valence-electron chi connectivity index (χ0n) is 19.3. The summed E-state index contributed by atoms with van der Waals surface area (Å²) in [6.07, 6.45) is 2.41. The van der Waals surface area contributed by atoms with Crippen LogP contribution >= 0.6 is 0 Å². The van der Waals surface area contributed by atoms with Crippen LogP contribution in [0.1, 0.15) is 35.2 Å². The van der Waals surface area contributed by atoms with Gasteiger partial charge in [-0.05, 0) is 55.0 Å². The van der Waals surface area contributed by atoms with Crippen molar-refractivity contribution in [2.24, 2.45) is 0 Å². The molecular formula is C29H28N2O3. The number of aryl methyl sites for hydroxylation is 1. The number of aliphatic carboxylic acids is 1. The van der Waals surface area contributed by atoms with Crippen molar-refractivity contribution < 1.29 is 14.4 Å². The number of aromatic nitrogens is 1. The monoisotopic (exact) mass is 452 g/mol. The lowest BCUT2D eigenvalue weighted by Crippen LogP contribution is -2.19. The van der Waals surface area contributed by atoms with E-state index in [0.717, 1.165) is 65.1 Å². The van der Waals surface area contributed by atoms with Gasteiger partial charge in [-0.2, -0.15) is 0 Å². The number of nitrogens with zero attached hydrogens (tertiary/aromatic N) is 1. The van der Waals surface area contributed by atoms with Gasteiger partial charge < -0.3 is 14.9 Å². The molecule has 1 fully saturated rings. The Bertz CT molecular complexity index is 1270. The summed E-state index contributed by atoms with van der Waals surface area (Å²) in [5.41, 5.74) is 6.64. The van der Waals surface area contributed by atoms with Crippen LogP contribution in [0.2, 0.25) is 0 Å². The molecule has 0 radical (unpaired) electrons. The highest BCUT2D eigenvalue weighted by Gasteiger charge is 2.51. The minimum Gasteiger partial charge on any atom is -0.481 e. The van der Waals surface area contributed by atoms with Gasteiger partial charge >= 0.3 is 5.97 Å². The van der Waals surface area contributed by atoms with E-state index < -0.39 is 11.4 Å². The minimum absolute atomic E-state index is 0.669. The Morgan fingerprint density at radius 2 is 1.56 bits per heavy atom. The fraction of sp³-hybridized carbons (Fsp3) is 0.241. The van der Waals surface area contributed by atoms with Crippen LogP contribution in [-0.2, 0) is 23.2 Å². The second kappa shape index (κ2) is 9.27. The van der Waals surface area contributed by atoms with E-state index in [1.807, 2.05) is 37.3 Å². The second-order valence-corrected chi connectivity index (χ2v) is 9.03. The van der Waals surface area contributed by atoms with E-state index in [0.29, 0.717) is 6.54 Å². The molecule has 1 aliphatic carbocycles. The summed E-state index contributed by atoms with van der Waals surface area (Å²) in [6.45, 7) is 3.55. The third kappa shape index (κ3) is 4.39. The third-order valence-electron chi connectivity index (χ3n) is 6.80. The van der Waals surface area contributed by atoms with Gasteiger partial charge in [-0.25, -0.2) is 0 Å². The van der Waals surface area contributed by atoms with Gasteiger partial charge in [0.25, 0.3) is 0 Å². The zero-order chi connectivity index (χ0) is 23.5. The van der Waals surface area contributed by atoms with Gasteiger partial charge in [0.05, 0.1) is 11.1 Å². The number of carboxylic acids is 1. The van der Waals surface area contributed by atoms with E-state index >= 15 is 0 Å². The topological polar surface area (TPSA) is 75.4 Å². The molecule has 4 aromatic rings. The number of rotatable bonds is 9. The largest absolute Gasteiger partial charge is 0.481 e. The van der Waals surface area contributed by atoms with E-state index in [1.165, 1.54) is 5.56 Å². The van der Waals surface area contributed by atoms with Crippen molar-refractivity contribution in [2.75, 3.05) is 6.54 Å². The first-order chi connectivity index (χ1) is 16.6. The van der Waals surface area contributed by atoms with E-state index in [1.54, 1.807) is 0 Å². The maximum atomic E-state index is 11.6. The number of benzene rings is 3. The molecule has 0 saturated heterocycles. The summed E-state index contributed by atoms with van der Waals surface area (Å²) in [4.78, 5) is 11.6. The Hall–Kier alpha value is -3.70. The fourth-order valence-electron chi connectivity index (χ4n) is 4.46. The summed E-state index contributed by atoms with van der Waals surface area (Å²) < 4.78 is 5.68. The summed E-state index contributed by atoms with van der Waals surface area (Å²) in [7, 11) is 0. The van der Waals surface area contributed by atoms with Crippen LogP contribution in [0.15, 0.2) is 83.4 Å². The molecule has 1 saturated carbocycles. The number of carboxylic acid groups (broad SMARTS) is 1. The summed E-state index contributed by atoms with van der Waals surface area (Å²) >= 11 is 0. The Labute approximate surface area is 199 Å². The first kappa shape index (κ1) is 22.1. The molecule has 34 heavy (non-hydrogen) atoms. The van der Waals surface area contributed by atoms with Crippen molar-refractivity contribution in [1.29, 1.82) is 0 Å². The van der Waals surface area contributed by atoms with Crippen LogP contribution < -0.4 is 5.32 Å². The van der Waals surface area contributed by atoms with Crippen molar-refractivity contribution in [1.82, 2.24) is 10.5 Å². The van der Waals surface area contributed by atoms with Crippen molar-refractivity contribution in [3.63, 3.8) is 0 Å². The molecular weight excluding hydrogens is 424 g/mol. The summed E-state index contributed by atoms with van der Waals surface area (Å²) in [5, 5.41) is 17.2. The molecule has 0 unspecified atom stereocenters. The van der Waals surface area contributed by atoms with Crippen LogP contribution in [0.25, 0.3) is 22.5 Å². The molecule has 1 aliphatic rings. The van der Waals surface area contributed by atoms with Gasteiger partial charge in [0, 0.05) is 17.7 Å². The van der Waals surface area contributed by atoms with Crippen LogP contribution in [-0.4, -0.2) is 22.8 Å². The molecule has 0 amide bonds. The number of carbonyl (C=O) groups is 1. The average Bonchev–Trinajstić information content (AvgIpc) is 3.61. The molecule has 0 atom stereocenters. The highest BCUT2D eigenvalue weighted by atomic mass is 16.5. The van der Waals surface area contributed by atoms with Gasteiger partial charge in [0.15, 0.2) is 5.76 Å². The quantitative estimate of drug-likeness (QED) is 0.316. The smallest absolute Gasteiger partial charge is 0.314 e. The van der Waals surface area contributed by atoms with Gasteiger partial charge in [0.2, 0.25) is 0 Å². The first-order valence-corrected chi connectivity index (χ1v) is 11.7. The summed E-state index contributed by atoms with van der Waals surface area (Å²) in [6, 6.07) is 26.6. The van der Waals surface area contributed by atoms with E-state index in [9.17, 15) is 9.90 Å².